The van der Waals surface area contributed by atoms with Crippen LogP contribution >= 0.6 is 0 Å². The molecule has 128 valence electrons. The summed E-state index contributed by atoms with van der Waals surface area (Å²) in [7, 11) is 1.64. The third-order valence-electron chi connectivity index (χ3n) is 4.55. The Bertz CT molecular complexity index is 721. The van der Waals surface area contributed by atoms with Gasteiger partial charge in [-0.05, 0) is 25.8 Å². The molecule has 8 heteroatoms. The van der Waals surface area contributed by atoms with Gasteiger partial charge in [-0.25, -0.2) is 8.78 Å². The van der Waals surface area contributed by atoms with Crippen molar-refractivity contribution in [1.29, 1.82) is 0 Å². The maximum absolute atomic E-state index is 13.4. The number of hydrogen-bond donors (Lipinski definition) is 1. The standard InChI is InChI=1S/C16H19F2N5O/c1-10-13(15(24)23(2)12-5-8-19-20-9-12)14(22-21-10)11-3-6-16(17,18)7-4-11/h5,8-9,11H,3-4,6-7H2,1-2H3,(H,21,22). The average molecular weight is 335 g/mol. The molecule has 2 aromatic heterocycles. The molecule has 1 fully saturated rings. The number of halogens is 2. The molecule has 1 amide bonds. The number of aromatic amines is 1. The Hall–Kier alpha value is -2.38. The molecule has 1 saturated carbocycles. The molecule has 1 aliphatic rings. The number of aryl methyl sites for hydroxylation is 1. The second-order valence-corrected chi connectivity index (χ2v) is 6.20. The van der Waals surface area contributed by atoms with Gasteiger partial charge in [0.15, 0.2) is 0 Å². The predicted octanol–water partition coefficient (Wildman–Crippen LogP) is 3.08. The van der Waals surface area contributed by atoms with Gasteiger partial charge in [0.2, 0.25) is 5.92 Å². The van der Waals surface area contributed by atoms with Gasteiger partial charge in [-0.15, -0.1) is 0 Å². The Kier molecular flexibility index (Phi) is 4.29. The van der Waals surface area contributed by atoms with E-state index in [0.717, 1.165) is 0 Å². The number of alkyl halides is 2. The molecule has 2 aromatic rings. The average Bonchev–Trinajstić information content (AvgIpc) is 2.96. The predicted molar refractivity (Wildman–Crippen MR) is 84.2 cm³/mol. The number of rotatable bonds is 3. The fraction of sp³-hybridized carbons (Fsp3) is 0.500. The van der Waals surface area contributed by atoms with Gasteiger partial charge < -0.3 is 4.90 Å². The number of amides is 1. The fourth-order valence-electron chi connectivity index (χ4n) is 3.09. The van der Waals surface area contributed by atoms with E-state index in [1.807, 2.05) is 0 Å². The van der Waals surface area contributed by atoms with Crippen molar-refractivity contribution in [2.24, 2.45) is 0 Å². The molecule has 0 aromatic carbocycles. The summed E-state index contributed by atoms with van der Waals surface area (Å²) in [4.78, 5) is 14.4. The number of H-pyrrole nitrogens is 1. The molecule has 0 aliphatic heterocycles. The number of anilines is 1. The first-order valence-electron chi connectivity index (χ1n) is 7.86. The molecule has 0 bridgehead atoms. The van der Waals surface area contributed by atoms with Gasteiger partial charge in [-0.2, -0.15) is 15.3 Å². The molecular weight excluding hydrogens is 316 g/mol. The molecule has 0 atom stereocenters. The summed E-state index contributed by atoms with van der Waals surface area (Å²) >= 11 is 0. The quantitative estimate of drug-likeness (QED) is 0.935. The molecule has 0 saturated heterocycles. The first kappa shape index (κ1) is 16.5. The topological polar surface area (TPSA) is 74.8 Å². The molecule has 3 rings (SSSR count). The minimum atomic E-state index is -2.61. The third-order valence-corrected chi connectivity index (χ3v) is 4.55. The van der Waals surface area contributed by atoms with Gasteiger partial charge in [-0.3, -0.25) is 9.89 Å². The Morgan fingerprint density at radius 3 is 2.67 bits per heavy atom. The van der Waals surface area contributed by atoms with Crippen LogP contribution in [0.15, 0.2) is 18.5 Å². The Morgan fingerprint density at radius 1 is 1.33 bits per heavy atom. The zero-order chi connectivity index (χ0) is 17.3. The largest absolute Gasteiger partial charge is 0.310 e. The lowest BCUT2D eigenvalue weighted by Crippen LogP contribution is -2.29. The summed E-state index contributed by atoms with van der Waals surface area (Å²) in [5.41, 5.74) is 2.30. The maximum Gasteiger partial charge on any atom is 0.261 e. The van der Waals surface area contributed by atoms with Crippen LogP contribution < -0.4 is 4.90 Å². The highest BCUT2D eigenvalue weighted by atomic mass is 19.3. The molecule has 1 aliphatic carbocycles. The number of nitrogens with zero attached hydrogens (tertiary/aromatic N) is 4. The molecule has 2 heterocycles. The van der Waals surface area contributed by atoms with E-state index in [0.29, 0.717) is 35.5 Å². The van der Waals surface area contributed by atoms with Crippen LogP contribution in [0.1, 0.15) is 53.3 Å². The van der Waals surface area contributed by atoms with E-state index in [1.165, 1.54) is 17.3 Å². The summed E-state index contributed by atoms with van der Waals surface area (Å²) in [6.07, 6.45) is 3.33. The highest BCUT2D eigenvalue weighted by Crippen LogP contribution is 2.41. The van der Waals surface area contributed by atoms with Gasteiger partial charge in [0.05, 0.1) is 29.3 Å². The van der Waals surface area contributed by atoms with Crippen LogP contribution in [0.4, 0.5) is 14.5 Å². The van der Waals surface area contributed by atoms with E-state index in [9.17, 15) is 13.6 Å². The summed E-state index contributed by atoms with van der Waals surface area (Å²) < 4.78 is 26.8. The van der Waals surface area contributed by atoms with Crippen LogP contribution in [0.25, 0.3) is 0 Å². The second kappa shape index (κ2) is 6.26. The van der Waals surface area contributed by atoms with Crippen molar-refractivity contribution >= 4 is 11.6 Å². The third kappa shape index (κ3) is 3.13. The number of carbonyl (C=O) groups is 1. The Labute approximate surface area is 138 Å². The highest BCUT2D eigenvalue weighted by Gasteiger charge is 2.38. The van der Waals surface area contributed by atoms with Crippen molar-refractivity contribution in [3.8, 4) is 0 Å². The molecule has 0 spiro atoms. The lowest BCUT2D eigenvalue weighted by atomic mass is 9.83. The molecule has 0 radical (unpaired) electrons. The van der Waals surface area contributed by atoms with Crippen LogP contribution in [-0.2, 0) is 0 Å². The van der Waals surface area contributed by atoms with Crippen LogP contribution in [-0.4, -0.2) is 39.3 Å². The lowest BCUT2D eigenvalue weighted by molar-refractivity contribution is -0.0385. The lowest BCUT2D eigenvalue weighted by Gasteiger charge is -2.28. The van der Waals surface area contributed by atoms with E-state index in [4.69, 9.17) is 0 Å². The normalized spacial score (nSPS) is 17.7. The number of nitrogens with one attached hydrogen (secondary N) is 1. The number of aromatic nitrogens is 4. The number of hydrogen-bond acceptors (Lipinski definition) is 4. The summed E-state index contributed by atoms with van der Waals surface area (Å²) in [5, 5.41) is 14.5. The van der Waals surface area contributed by atoms with Crippen molar-refractivity contribution < 1.29 is 13.6 Å². The van der Waals surface area contributed by atoms with Gasteiger partial charge in [0.1, 0.15) is 0 Å². The van der Waals surface area contributed by atoms with Gasteiger partial charge in [0, 0.05) is 31.5 Å². The number of carbonyl (C=O) groups excluding carboxylic acids is 1. The van der Waals surface area contributed by atoms with E-state index >= 15 is 0 Å². The van der Waals surface area contributed by atoms with Crippen molar-refractivity contribution in [1.82, 2.24) is 20.4 Å². The smallest absolute Gasteiger partial charge is 0.261 e. The van der Waals surface area contributed by atoms with Crippen LogP contribution in [0.3, 0.4) is 0 Å². The van der Waals surface area contributed by atoms with Gasteiger partial charge in [0.25, 0.3) is 5.91 Å². The Balaban J connectivity index is 1.86. The molecule has 1 N–H and O–H groups in total. The zero-order valence-corrected chi connectivity index (χ0v) is 13.6. The van der Waals surface area contributed by atoms with Crippen LogP contribution in [0.5, 0.6) is 0 Å². The molecule has 6 nitrogen and oxygen atoms in total. The van der Waals surface area contributed by atoms with E-state index in [-0.39, 0.29) is 24.7 Å². The van der Waals surface area contributed by atoms with Crippen molar-refractivity contribution in [3.05, 3.63) is 35.4 Å². The summed E-state index contributed by atoms with van der Waals surface area (Å²) in [6, 6.07) is 1.68. The van der Waals surface area contributed by atoms with Crippen molar-refractivity contribution in [3.63, 3.8) is 0 Å². The summed E-state index contributed by atoms with van der Waals surface area (Å²) in [6.45, 7) is 1.76. The van der Waals surface area contributed by atoms with Gasteiger partial charge >= 0.3 is 0 Å². The van der Waals surface area contributed by atoms with Crippen LogP contribution in [0, 0.1) is 6.92 Å². The first-order valence-corrected chi connectivity index (χ1v) is 7.86. The van der Waals surface area contributed by atoms with Crippen molar-refractivity contribution in [2.45, 2.75) is 44.4 Å². The highest BCUT2D eigenvalue weighted by molar-refractivity contribution is 6.07. The zero-order valence-electron chi connectivity index (χ0n) is 13.6. The second-order valence-electron chi connectivity index (χ2n) is 6.20. The van der Waals surface area contributed by atoms with Gasteiger partial charge in [-0.1, -0.05) is 0 Å². The Morgan fingerprint density at radius 2 is 2.04 bits per heavy atom. The van der Waals surface area contributed by atoms with E-state index < -0.39 is 5.92 Å². The monoisotopic (exact) mass is 335 g/mol. The molecule has 0 unspecified atom stereocenters. The first-order chi connectivity index (χ1) is 11.4. The van der Waals surface area contributed by atoms with Crippen LogP contribution in [0.2, 0.25) is 0 Å². The van der Waals surface area contributed by atoms with Crippen molar-refractivity contribution in [2.75, 3.05) is 11.9 Å². The SMILES string of the molecule is Cc1[nH]nc(C2CCC(F)(F)CC2)c1C(=O)N(C)c1ccnnc1. The molecular formula is C16H19F2N5O. The minimum Gasteiger partial charge on any atom is -0.310 e. The van der Waals surface area contributed by atoms with E-state index in [1.54, 1.807) is 20.0 Å². The fourth-order valence-corrected chi connectivity index (χ4v) is 3.09. The molecule has 24 heavy (non-hydrogen) atoms. The van der Waals surface area contributed by atoms with E-state index in [2.05, 4.69) is 20.4 Å². The maximum atomic E-state index is 13.4. The summed E-state index contributed by atoms with van der Waals surface area (Å²) in [5.74, 6) is -2.97. The minimum absolute atomic E-state index is 0.127.